The molecule has 2 amide bonds. The van der Waals surface area contributed by atoms with Crippen molar-refractivity contribution in [2.24, 2.45) is 5.92 Å². The predicted molar refractivity (Wildman–Crippen MR) is 121 cm³/mol. The maximum Gasteiger partial charge on any atom is 0.228 e. The summed E-state index contributed by atoms with van der Waals surface area (Å²) in [5, 5.41) is 8.40. The van der Waals surface area contributed by atoms with Crippen molar-refractivity contribution >= 4 is 34.5 Å². The molecular weight excluding hydrogens is 424 g/mol. The van der Waals surface area contributed by atoms with Crippen molar-refractivity contribution in [2.45, 2.75) is 19.9 Å². The van der Waals surface area contributed by atoms with Gasteiger partial charge in [0.2, 0.25) is 11.8 Å². The summed E-state index contributed by atoms with van der Waals surface area (Å²) < 4.78 is 7.01. The van der Waals surface area contributed by atoms with E-state index in [1.54, 1.807) is 16.7 Å². The molecular formula is C22H26N8O3. The summed E-state index contributed by atoms with van der Waals surface area (Å²) in [6.07, 6.45) is 1.75. The minimum Gasteiger partial charge on any atom is -0.497 e. The van der Waals surface area contributed by atoms with Crippen LogP contribution in [0.2, 0.25) is 0 Å². The Morgan fingerprint density at radius 1 is 1.18 bits per heavy atom. The van der Waals surface area contributed by atoms with Crippen LogP contribution < -0.4 is 14.5 Å². The van der Waals surface area contributed by atoms with Gasteiger partial charge in [-0.1, -0.05) is 11.3 Å². The smallest absolute Gasteiger partial charge is 0.228 e. The van der Waals surface area contributed by atoms with E-state index >= 15 is 0 Å². The molecule has 0 spiro atoms. The average Bonchev–Trinajstić information content (AvgIpc) is 3.47. The van der Waals surface area contributed by atoms with Crippen LogP contribution in [-0.2, 0) is 16.1 Å². The van der Waals surface area contributed by atoms with Gasteiger partial charge in [0.15, 0.2) is 17.0 Å². The molecule has 0 N–H and O–H groups in total. The average molecular weight is 451 g/mol. The highest BCUT2D eigenvalue weighted by Gasteiger charge is 2.38. The highest BCUT2D eigenvalue weighted by molar-refractivity contribution is 6.00. The van der Waals surface area contributed by atoms with Crippen LogP contribution in [0, 0.1) is 5.92 Å². The van der Waals surface area contributed by atoms with Gasteiger partial charge in [-0.05, 0) is 19.1 Å². The molecule has 0 saturated carbocycles. The van der Waals surface area contributed by atoms with Gasteiger partial charge in [0.05, 0.1) is 13.0 Å². The van der Waals surface area contributed by atoms with Gasteiger partial charge in [-0.25, -0.2) is 14.6 Å². The van der Waals surface area contributed by atoms with Crippen molar-refractivity contribution < 1.29 is 14.3 Å². The molecule has 1 unspecified atom stereocenters. The number of fused-ring (bicyclic) bond motifs is 1. The molecule has 2 aliphatic rings. The molecule has 3 aromatic rings. The van der Waals surface area contributed by atoms with E-state index in [0.29, 0.717) is 56.2 Å². The molecule has 5 rings (SSSR count). The standard InChI is InChI=1S/C22H26N8O3/c1-3-30-21-19(25-26-30)20(23-14-24-21)27-7-9-28(10-8-27)22(32)15-11-18(31)29(13-15)16-5-4-6-17(12-16)33-2/h4-6,12,14-15H,3,7-11,13H2,1-2H3. The molecule has 2 aromatic heterocycles. The first-order valence-electron chi connectivity index (χ1n) is 11.1. The lowest BCUT2D eigenvalue weighted by molar-refractivity contribution is -0.136. The Balaban J connectivity index is 1.24. The fourth-order valence-corrected chi connectivity index (χ4v) is 4.52. The zero-order chi connectivity index (χ0) is 22.9. The summed E-state index contributed by atoms with van der Waals surface area (Å²) in [4.78, 5) is 40.2. The molecule has 2 aliphatic heterocycles. The Bertz CT molecular complexity index is 1190. The van der Waals surface area contributed by atoms with Gasteiger partial charge < -0.3 is 19.4 Å². The number of aryl methyl sites for hydroxylation is 1. The number of ether oxygens (including phenoxy) is 1. The minimum atomic E-state index is -0.342. The summed E-state index contributed by atoms with van der Waals surface area (Å²) >= 11 is 0. The Morgan fingerprint density at radius 3 is 2.76 bits per heavy atom. The van der Waals surface area contributed by atoms with Gasteiger partial charge in [-0.3, -0.25) is 9.59 Å². The molecule has 172 valence electrons. The molecule has 11 heteroatoms. The van der Waals surface area contributed by atoms with Crippen LogP contribution in [0.1, 0.15) is 13.3 Å². The van der Waals surface area contributed by atoms with Gasteiger partial charge in [0.1, 0.15) is 12.1 Å². The third-order valence-electron chi connectivity index (χ3n) is 6.31. The number of amides is 2. The van der Waals surface area contributed by atoms with Gasteiger partial charge in [-0.2, -0.15) is 0 Å². The Hall–Kier alpha value is -3.76. The number of nitrogens with zero attached hydrogens (tertiary/aromatic N) is 8. The largest absolute Gasteiger partial charge is 0.497 e. The van der Waals surface area contributed by atoms with Crippen molar-refractivity contribution in [1.82, 2.24) is 29.9 Å². The van der Waals surface area contributed by atoms with E-state index in [1.165, 1.54) is 6.33 Å². The molecule has 11 nitrogen and oxygen atoms in total. The second-order valence-electron chi connectivity index (χ2n) is 8.19. The highest BCUT2D eigenvalue weighted by Crippen LogP contribution is 2.29. The fourth-order valence-electron chi connectivity index (χ4n) is 4.52. The van der Waals surface area contributed by atoms with Crippen LogP contribution in [-0.4, -0.2) is 81.5 Å². The van der Waals surface area contributed by atoms with Crippen LogP contribution in [0.5, 0.6) is 5.75 Å². The number of carbonyl (C=O) groups excluding carboxylic acids is 2. The quantitative estimate of drug-likeness (QED) is 0.565. The van der Waals surface area contributed by atoms with Crippen molar-refractivity contribution in [3.8, 4) is 5.75 Å². The highest BCUT2D eigenvalue weighted by atomic mass is 16.5. The molecule has 0 bridgehead atoms. The van der Waals surface area contributed by atoms with E-state index < -0.39 is 0 Å². The lowest BCUT2D eigenvalue weighted by atomic mass is 10.1. The molecule has 4 heterocycles. The summed E-state index contributed by atoms with van der Waals surface area (Å²) in [7, 11) is 1.59. The molecule has 0 aliphatic carbocycles. The molecule has 0 radical (unpaired) electrons. The minimum absolute atomic E-state index is 0.0261. The number of methoxy groups -OCH3 is 1. The molecule has 33 heavy (non-hydrogen) atoms. The number of piperazine rings is 1. The first-order chi connectivity index (χ1) is 16.1. The van der Waals surface area contributed by atoms with E-state index in [1.807, 2.05) is 36.1 Å². The molecule has 2 saturated heterocycles. The Labute approximate surface area is 190 Å². The number of benzene rings is 1. The van der Waals surface area contributed by atoms with Crippen LogP contribution in [0.4, 0.5) is 11.5 Å². The number of hydrogen-bond acceptors (Lipinski definition) is 8. The van der Waals surface area contributed by atoms with Gasteiger partial charge in [-0.15, -0.1) is 5.10 Å². The normalized spacial score (nSPS) is 18.9. The van der Waals surface area contributed by atoms with Crippen molar-refractivity contribution in [3.63, 3.8) is 0 Å². The van der Waals surface area contributed by atoms with E-state index in [9.17, 15) is 9.59 Å². The summed E-state index contributed by atoms with van der Waals surface area (Å²) in [5.41, 5.74) is 2.14. The van der Waals surface area contributed by atoms with Crippen molar-refractivity contribution in [2.75, 3.05) is 49.6 Å². The van der Waals surface area contributed by atoms with E-state index in [0.717, 1.165) is 11.5 Å². The van der Waals surface area contributed by atoms with Crippen LogP contribution in [0.25, 0.3) is 11.2 Å². The number of carbonyl (C=O) groups is 2. The van der Waals surface area contributed by atoms with Gasteiger partial charge in [0, 0.05) is 57.4 Å². The third kappa shape index (κ3) is 3.83. The Kier molecular flexibility index (Phi) is 5.53. The zero-order valence-electron chi connectivity index (χ0n) is 18.7. The maximum absolute atomic E-state index is 13.2. The monoisotopic (exact) mass is 450 g/mol. The first-order valence-corrected chi connectivity index (χ1v) is 11.1. The summed E-state index contributed by atoms with van der Waals surface area (Å²) in [6, 6.07) is 7.36. The van der Waals surface area contributed by atoms with Crippen LogP contribution >= 0.6 is 0 Å². The number of hydrogen-bond donors (Lipinski definition) is 0. The Morgan fingerprint density at radius 2 is 2.00 bits per heavy atom. The molecule has 2 fully saturated rings. The third-order valence-corrected chi connectivity index (χ3v) is 6.31. The lowest BCUT2D eigenvalue weighted by Gasteiger charge is -2.36. The zero-order valence-corrected chi connectivity index (χ0v) is 18.7. The lowest BCUT2D eigenvalue weighted by Crippen LogP contribution is -2.51. The van der Waals surface area contributed by atoms with Crippen molar-refractivity contribution in [3.05, 3.63) is 30.6 Å². The fraction of sp³-hybridized carbons (Fsp3) is 0.455. The topological polar surface area (TPSA) is 110 Å². The van der Waals surface area contributed by atoms with Gasteiger partial charge in [0.25, 0.3) is 0 Å². The van der Waals surface area contributed by atoms with Crippen LogP contribution in [0.3, 0.4) is 0 Å². The molecule has 1 atom stereocenters. The number of rotatable bonds is 5. The van der Waals surface area contributed by atoms with E-state index in [4.69, 9.17) is 4.74 Å². The van der Waals surface area contributed by atoms with Crippen molar-refractivity contribution in [1.29, 1.82) is 0 Å². The predicted octanol–water partition coefficient (Wildman–Crippen LogP) is 0.952. The van der Waals surface area contributed by atoms with E-state index in [2.05, 4.69) is 25.2 Å². The van der Waals surface area contributed by atoms with E-state index in [-0.39, 0.29) is 24.2 Å². The first kappa shape index (κ1) is 21.1. The van der Waals surface area contributed by atoms with Gasteiger partial charge >= 0.3 is 0 Å². The van der Waals surface area contributed by atoms with Crippen LogP contribution in [0.15, 0.2) is 30.6 Å². The number of anilines is 2. The summed E-state index contributed by atoms with van der Waals surface area (Å²) in [6.45, 7) is 5.46. The molecule has 1 aromatic carbocycles. The summed E-state index contributed by atoms with van der Waals surface area (Å²) in [5.74, 6) is 1.07. The SMILES string of the molecule is CCn1nnc2c(N3CCN(C(=O)C4CC(=O)N(c5cccc(OC)c5)C4)CC3)ncnc21. The second-order valence-corrected chi connectivity index (χ2v) is 8.19. The second kappa shape index (κ2) is 8.64. The number of aromatic nitrogens is 5. The maximum atomic E-state index is 13.2.